The van der Waals surface area contributed by atoms with Crippen molar-refractivity contribution >= 4 is 11.7 Å². The van der Waals surface area contributed by atoms with Gasteiger partial charge in [-0.3, -0.25) is 10.1 Å². The molecule has 8 nitrogen and oxygen atoms in total. The van der Waals surface area contributed by atoms with Crippen LogP contribution in [-0.4, -0.2) is 26.0 Å². The predicted octanol–water partition coefficient (Wildman–Crippen LogP) is 2.18. The van der Waals surface area contributed by atoms with Crippen LogP contribution < -0.4 is 4.74 Å². The van der Waals surface area contributed by atoms with E-state index in [2.05, 4.69) is 9.97 Å². The Kier molecular flexibility index (Phi) is 3.56. The predicted molar refractivity (Wildman–Crippen MR) is 66.9 cm³/mol. The fraction of sp³-hybridized carbons (Fsp3) is 0.0833. The largest absolute Gasteiger partial charge is 0.478 e. The normalized spacial score (nSPS) is 10.1. The van der Waals surface area contributed by atoms with Crippen LogP contribution in [0, 0.1) is 17.0 Å². The molecule has 0 unspecified atom stereocenters. The Bertz CT molecular complexity index is 687. The van der Waals surface area contributed by atoms with Crippen molar-refractivity contribution < 1.29 is 19.6 Å². The smallest absolute Gasteiger partial charge is 0.335 e. The molecule has 0 spiro atoms. The van der Waals surface area contributed by atoms with E-state index in [-0.39, 0.29) is 22.9 Å². The second kappa shape index (κ2) is 5.31. The van der Waals surface area contributed by atoms with Gasteiger partial charge in [0.1, 0.15) is 6.33 Å². The number of benzene rings is 1. The molecule has 0 aliphatic rings. The van der Waals surface area contributed by atoms with Gasteiger partial charge in [0.25, 0.3) is 0 Å². The Morgan fingerprint density at radius 2 is 2.10 bits per heavy atom. The zero-order valence-corrected chi connectivity index (χ0v) is 10.3. The van der Waals surface area contributed by atoms with Crippen LogP contribution in [-0.2, 0) is 0 Å². The number of aromatic carboxylic acids is 1. The van der Waals surface area contributed by atoms with Crippen LogP contribution in [0.4, 0.5) is 5.69 Å². The maximum Gasteiger partial charge on any atom is 0.335 e. The van der Waals surface area contributed by atoms with Crippen molar-refractivity contribution in [1.29, 1.82) is 0 Å². The zero-order chi connectivity index (χ0) is 14.7. The number of hydrogen-bond acceptors (Lipinski definition) is 6. The average molecular weight is 275 g/mol. The zero-order valence-electron chi connectivity index (χ0n) is 10.3. The molecule has 8 heteroatoms. The molecule has 1 aromatic carbocycles. The van der Waals surface area contributed by atoms with Gasteiger partial charge in [0.15, 0.2) is 0 Å². The molecular formula is C12H9N3O5. The lowest BCUT2D eigenvalue weighted by molar-refractivity contribution is -0.385. The highest BCUT2D eigenvalue weighted by Gasteiger charge is 2.19. The number of aromatic nitrogens is 2. The first kappa shape index (κ1) is 13.4. The fourth-order valence-corrected chi connectivity index (χ4v) is 1.48. The van der Waals surface area contributed by atoms with Crippen LogP contribution in [0.1, 0.15) is 16.1 Å². The van der Waals surface area contributed by atoms with Crippen molar-refractivity contribution in [3.05, 3.63) is 52.0 Å². The topological polar surface area (TPSA) is 115 Å². The first-order valence-electron chi connectivity index (χ1n) is 5.45. The van der Waals surface area contributed by atoms with E-state index in [1.54, 1.807) is 6.92 Å². The summed E-state index contributed by atoms with van der Waals surface area (Å²) in [6, 6.07) is 4.78. The summed E-state index contributed by atoms with van der Waals surface area (Å²) in [7, 11) is 0. The minimum atomic E-state index is -1.20. The average Bonchev–Trinajstić information content (AvgIpc) is 2.38. The summed E-state index contributed by atoms with van der Waals surface area (Å²) in [6.45, 7) is 1.70. The first-order chi connectivity index (χ1) is 9.47. The molecular weight excluding hydrogens is 266 g/mol. The van der Waals surface area contributed by atoms with Gasteiger partial charge in [-0.2, -0.15) is 0 Å². The van der Waals surface area contributed by atoms with E-state index in [0.717, 1.165) is 18.2 Å². The highest BCUT2D eigenvalue weighted by molar-refractivity contribution is 5.88. The number of nitro groups is 1. The second-order valence-corrected chi connectivity index (χ2v) is 3.84. The van der Waals surface area contributed by atoms with E-state index in [0.29, 0.717) is 5.69 Å². The number of nitrogens with zero attached hydrogens (tertiary/aromatic N) is 3. The molecule has 0 aliphatic carbocycles. The lowest BCUT2D eigenvalue weighted by Gasteiger charge is -2.06. The molecule has 2 rings (SSSR count). The highest BCUT2D eigenvalue weighted by atomic mass is 16.6. The molecule has 0 aliphatic heterocycles. The summed E-state index contributed by atoms with van der Waals surface area (Å²) >= 11 is 0. The number of nitro benzene ring substituents is 1. The highest BCUT2D eigenvalue weighted by Crippen LogP contribution is 2.31. The Hall–Kier alpha value is -3.03. The van der Waals surface area contributed by atoms with E-state index in [1.807, 2.05) is 0 Å². The van der Waals surface area contributed by atoms with Gasteiger partial charge >= 0.3 is 11.7 Å². The quantitative estimate of drug-likeness (QED) is 0.671. The van der Waals surface area contributed by atoms with E-state index in [4.69, 9.17) is 9.84 Å². The number of carboxylic acids is 1. The third kappa shape index (κ3) is 2.86. The monoisotopic (exact) mass is 275 g/mol. The van der Waals surface area contributed by atoms with Crippen LogP contribution >= 0.6 is 0 Å². The van der Waals surface area contributed by atoms with Gasteiger partial charge in [-0.1, -0.05) is 0 Å². The molecule has 0 saturated carbocycles. The maximum atomic E-state index is 10.9. The number of carbonyl (C=O) groups is 1. The van der Waals surface area contributed by atoms with Crippen LogP contribution in [0.5, 0.6) is 11.6 Å². The number of ether oxygens (including phenoxy) is 1. The van der Waals surface area contributed by atoms with Gasteiger partial charge in [0, 0.05) is 23.9 Å². The minimum Gasteiger partial charge on any atom is -0.478 e. The number of hydrogen-bond donors (Lipinski definition) is 1. The summed E-state index contributed by atoms with van der Waals surface area (Å²) in [5.41, 5.74) is 0.162. The fourth-order valence-electron chi connectivity index (χ4n) is 1.48. The minimum absolute atomic E-state index is 0.100. The summed E-state index contributed by atoms with van der Waals surface area (Å²) in [5.74, 6) is -1.29. The van der Waals surface area contributed by atoms with Gasteiger partial charge in [0.05, 0.1) is 10.5 Å². The Balaban J connectivity index is 2.44. The Morgan fingerprint density at radius 3 is 2.70 bits per heavy atom. The summed E-state index contributed by atoms with van der Waals surface area (Å²) < 4.78 is 5.29. The lowest BCUT2D eigenvalue weighted by Crippen LogP contribution is -2.00. The molecule has 0 radical (unpaired) electrons. The number of aryl methyl sites for hydroxylation is 1. The maximum absolute atomic E-state index is 10.9. The van der Waals surface area contributed by atoms with E-state index in [9.17, 15) is 14.9 Å². The molecule has 1 aromatic heterocycles. The summed E-state index contributed by atoms with van der Waals surface area (Å²) in [6.07, 6.45) is 1.25. The Labute approximate surface area is 112 Å². The van der Waals surface area contributed by atoms with Crippen molar-refractivity contribution in [3.8, 4) is 11.6 Å². The molecule has 0 saturated heterocycles. The molecule has 1 N–H and O–H groups in total. The number of carboxylic acid groups (broad SMARTS) is 1. The summed E-state index contributed by atoms with van der Waals surface area (Å²) in [5, 5.41) is 19.8. The van der Waals surface area contributed by atoms with Gasteiger partial charge in [-0.15, -0.1) is 0 Å². The van der Waals surface area contributed by atoms with Crippen LogP contribution in [0.2, 0.25) is 0 Å². The van der Waals surface area contributed by atoms with Gasteiger partial charge in [-0.25, -0.2) is 14.8 Å². The van der Waals surface area contributed by atoms with Gasteiger partial charge < -0.3 is 9.84 Å². The van der Waals surface area contributed by atoms with Crippen molar-refractivity contribution in [2.45, 2.75) is 6.92 Å². The first-order valence-corrected chi connectivity index (χ1v) is 5.45. The van der Waals surface area contributed by atoms with Crippen molar-refractivity contribution in [3.63, 3.8) is 0 Å². The molecule has 20 heavy (non-hydrogen) atoms. The standard InChI is InChI=1S/C12H9N3O5/c1-7-4-11(14-6-13-7)20-10-5-8(12(16)17)2-3-9(10)15(18)19/h2-6H,1H3,(H,16,17). The van der Waals surface area contributed by atoms with E-state index in [1.165, 1.54) is 12.4 Å². The molecule has 0 fully saturated rings. The van der Waals surface area contributed by atoms with E-state index < -0.39 is 10.9 Å². The molecule has 0 bridgehead atoms. The molecule has 0 atom stereocenters. The van der Waals surface area contributed by atoms with Crippen LogP contribution in [0.25, 0.3) is 0 Å². The van der Waals surface area contributed by atoms with Crippen LogP contribution in [0.15, 0.2) is 30.6 Å². The van der Waals surface area contributed by atoms with Crippen molar-refractivity contribution in [2.75, 3.05) is 0 Å². The van der Waals surface area contributed by atoms with Crippen molar-refractivity contribution in [1.82, 2.24) is 9.97 Å². The molecule has 0 amide bonds. The second-order valence-electron chi connectivity index (χ2n) is 3.84. The van der Waals surface area contributed by atoms with Gasteiger partial charge in [0.2, 0.25) is 11.6 Å². The SMILES string of the molecule is Cc1cc(Oc2cc(C(=O)O)ccc2[N+](=O)[O-])ncn1. The van der Waals surface area contributed by atoms with Crippen LogP contribution in [0.3, 0.4) is 0 Å². The third-order valence-electron chi connectivity index (χ3n) is 2.40. The number of rotatable bonds is 4. The molecule has 1 heterocycles. The lowest BCUT2D eigenvalue weighted by atomic mass is 10.2. The summed E-state index contributed by atoms with van der Waals surface area (Å²) in [4.78, 5) is 28.8. The van der Waals surface area contributed by atoms with Crippen molar-refractivity contribution in [2.24, 2.45) is 0 Å². The van der Waals surface area contributed by atoms with E-state index >= 15 is 0 Å². The molecule has 102 valence electrons. The Morgan fingerprint density at radius 1 is 1.35 bits per heavy atom. The third-order valence-corrected chi connectivity index (χ3v) is 2.40. The van der Waals surface area contributed by atoms with Gasteiger partial charge in [-0.05, 0) is 13.0 Å². The molecule has 2 aromatic rings.